The van der Waals surface area contributed by atoms with Gasteiger partial charge in [-0.2, -0.15) is 4.98 Å². The van der Waals surface area contributed by atoms with Crippen LogP contribution in [0.25, 0.3) is 11.5 Å². The van der Waals surface area contributed by atoms with Crippen LogP contribution in [0.5, 0.6) is 0 Å². The predicted octanol–water partition coefficient (Wildman–Crippen LogP) is 4.18. The summed E-state index contributed by atoms with van der Waals surface area (Å²) in [6.45, 7) is 0. The van der Waals surface area contributed by atoms with Crippen LogP contribution in [0.2, 0.25) is 0 Å². The fourth-order valence-electron chi connectivity index (χ4n) is 3.17. The van der Waals surface area contributed by atoms with Crippen LogP contribution >= 0.6 is 23.7 Å². The second-order valence-electron chi connectivity index (χ2n) is 6.14. The number of nitrogens with zero attached hydrogens (tertiary/aromatic N) is 2. The van der Waals surface area contributed by atoms with E-state index in [9.17, 15) is 4.79 Å². The van der Waals surface area contributed by atoms with Crippen molar-refractivity contribution in [2.45, 2.75) is 31.2 Å². The second kappa shape index (κ2) is 7.07. The van der Waals surface area contributed by atoms with Gasteiger partial charge in [0.15, 0.2) is 5.82 Å². The van der Waals surface area contributed by atoms with E-state index in [0.29, 0.717) is 27.7 Å². The minimum atomic E-state index is -0.506. The number of benzene rings is 1. The lowest BCUT2D eigenvalue weighted by Gasteiger charge is -2.17. The fraction of sp³-hybridized carbons (Fsp3) is 0.278. The van der Waals surface area contributed by atoms with Crippen LogP contribution in [-0.2, 0) is 5.54 Å². The van der Waals surface area contributed by atoms with E-state index in [1.165, 1.54) is 11.3 Å². The molecule has 2 N–H and O–H groups in total. The van der Waals surface area contributed by atoms with Gasteiger partial charge < -0.3 is 10.3 Å². The van der Waals surface area contributed by atoms with Gasteiger partial charge in [-0.15, -0.1) is 23.7 Å². The Morgan fingerprint density at radius 2 is 1.92 bits per heavy atom. The summed E-state index contributed by atoms with van der Waals surface area (Å²) in [5, 5.41) is 5.98. The molecular formula is C18H18ClN3O2S. The smallest absolute Gasteiger partial charge is 0.258 e. The highest BCUT2D eigenvalue weighted by Crippen LogP contribution is 2.36. The Morgan fingerprint density at radius 3 is 2.64 bits per heavy atom. The van der Waals surface area contributed by atoms with Crippen LogP contribution in [-0.4, -0.2) is 15.9 Å². The van der Waals surface area contributed by atoms with Crippen LogP contribution in [0.1, 0.15) is 46.7 Å². The molecular weight excluding hydrogens is 358 g/mol. The number of halogens is 1. The Balaban J connectivity index is 0.00000182. The number of carbonyl (C=O) groups is 1. The Kier molecular flexibility index (Phi) is 5.03. The molecule has 130 valence electrons. The van der Waals surface area contributed by atoms with Crippen molar-refractivity contribution in [3.63, 3.8) is 0 Å². The van der Waals surface area contributed by atoms with Crippen molar-refractivity contribution in [1.82, 2.24) is 10.1 Å². The summed E-state index contributed by atoms with van der Waals surface area (Å²) in [7, 11) is 0. The van der Waals surface area contributed by atoms with Crippen LogP contribution in [0, 0.1) is 0 Å². The zero-order valence-electron chi connectivity index (χ0n) is 13.5. The minimum absolute atomic E-state index is 0. The second-order valence-corrected chi connectivity index (χ2v) is 7.09. The van der Waals surface area contributed by atoms with Gasteiger partial charge in [-0.1, -0.05) is 42.3 Å². The summed E-state index contributed by atoms with van der Waals surface area (Å²) in [4.78, 5) is 17.9. The molecule has 1 saturated carbocycles. The lowest BCUT2D eigenvalue weighted by molar-refractivity contribution is 0.104. The van der Waals surface area contributed by atoms with E-state index >= 15 is 0 Å². The Morgan fingerprint density at radius 1 is 1.16 bits per heavy atom. The van der Waals surface area contributed by atoms with Crippen molar-refractivity contribution in [2.75, 3.05) is 0 Å². The Hall–Kier alpha value is -2.02. The molecule has 0 amide bonds. The van der Waals surface area contributed by atoms with E-state index in [2.05, 4.69) is 10.1 Å². The molecule has 0 unspecified atom stereocenters. The van der Waals surface area contributed by atoms with Crippen LogP contribution in [0.4, 0.5) is 0 Å². The molecule has 3 aromatic rings. The number of hydrogen-bond donors (Lipinski definition) is 1. The number of hydrogen-bond acceptors (Lipinski definition) is 6. The van der Waals surface area contributed by atoms with Crippen molar-refractivity contribution in [1.29, 1.82) is 0 Å². The van der Waals surface area contributed by atoms with Gasteiger partial charge in [-0.3, -0.25) is 4.79 Å². The molecule has 1 aliphatic carbocycles. The quantitative estimate of drug-likeness (QED) is 0.691. The van der Waals surface area contributed by atoms with Crippen molar-refractivity contribution < 1.29 is 9.32 Å². The van der Waals surface area contributed by atoms with E-state index in [4.69, 9.17) is 10.3 Å². The lowest BCUT2D eigenvalue weighted by atomic mass is 9.98. The molecule has 25 heavy (non-hydrogen) atoms. The summed E-state index contributed by atoms with van der Waals surface area (Å²) in [5.74, 6) is 0.847. The van der Waals surface area contributed by atoms with Crippen molar-refractivity contribution >= 4 is 29.5 Å². The average Bonchev–Trinajstić information content (AvgIpc) is 3.35. The molecule has 0 spiro atoms. The molecule has 0 aliphatic heterocycles. The van der Waals surface area contributed by atoms with Gasteiger partial charge in [0.1, 0.15) is 0 Å². The first-order chi connectivity index (χ1) is 11.7. The minimum Gasteiger partial charge on any atom is -0.334 e. The Labute approximate surface area is 155 Å². The van der Waals surface area contributed by atoms with Gasteiger partial charge in [0.2, 0.25) is 5.78 Å². The number of aromatic nitrogens is 2. The van der Waals surface area contributed by atoms with Gasteiger partial charge in [-0.25, -0.2) is 0 Å². The van der Waals surface area contributed by atoms with Crippen LogP contribution in [0.3, 0.4) is 0 Å². The van der Waals surface area contributed by atoms with E-state index in [1.54, 1.807) is 6.07 Å². The molecule has 2 heterocycles. The monoisotopic (exact) mass is 375 g/mol. The molecule has 1 fully saturated rings. The number of ketones is 1. The first kappa shape index (κ1) is 17.8. The van der Waals surface area contributed by atoms with Crippen LogP contribution < -0.4 is 5.73 Å². The van der Waals surface area contributed by atoms with Crippen molar-refractivity contribution in [3.05, 3.63) is 58.0 Å². The topological polar surface area (TPSA) is 82.0 Å². The third kappa shape index (κ3) is 3.25. The number of carbonyl (C=O) groups excluding carboxylic acids is 1. The first-order valence-electron chi connectivity index (χ1n) is 7.98. The Bertz CT molecular complexity index is 870. The zero-order chi connectivity index (χ0) is 16.6. The van der Waals surface area contributed by atoms with Crippen molar-refractivity contribution in [3.8, 4) is 11.5 Å². The fourth-order valence-corrected chi connectivity index (χ4v) is 3.85. The number of rotatable bonds is 4. The predicted molar refractivity (Wildman–Crippen MR) is 99.1 cm³/mol. The molecule has 0 radical (unpaired) electrons. The maximum absolute atomic E-state index is 12.7. The third-order valence-electron chi connectivity index (χ3n) is 4.51. The molecule has 0 atom stereocenters. The maximum atomic E-state index is 12.7. The molecule has 7 heteroatoms. The molecule has 1 aliphatic rings. The highest BCUT2D eigenvalue weighted by atomic mass is 35.5. The highest BCUT2D eigenvalue weighted by Gasteiger charge is 2.36. The lowest BCUT2D eigenvalue weighted by Crippen LogP contribution is -2.34. The van der Waals surface area contributed by atoms with E-state index in [1.807, 2.05) is 35.7 Å². The van der Waals surface area contributed by atoms with Crippen LogP contribution in [0.15, 0.2) is 46.3 Å². The highest BCUT2D eigenvalue weighted by molar-refractivity contribution is 7.12. The molecule has 0 bridgehead atoms. The maximum Gasteiger partial charge on any atom is 0.258 e. The summed E-state index contributed by atoms with van der Waals surface area (Å²) in [6.07, 6.45) is 3.88. The standard InChI is InChI=1S/C18H17N3O2S.ClH/c19-18(9-3-4-10-18)17-20-16(23-21-17)13-7-2-1-6-12(13)15(22)14-8-5-11-24-14;/h1-2,5-8,11H,3-4,9-10,19H2;1H. The SMILES string of the molecule is Cl.NC1(c2noc(-c3ccccc3C(=O)c3cccs3)n2)CCCC1. The molecule has 2 aromatic heterocycles. The van der Waals surface area contributed by atoms with E-state index in [-0.39, 0.29) is 18.2 Å². The van der Waals surface area contributed by atoms with Gasteiger partial charge in [0.05, 0.1) is 16.0 Å². The van der Waals surface area contributed by atoms with Gasteiger partial charge in [0.25, 0.3) is 5.89 Å². The van der Waals surface area contributed by atoms with E-state index in [0.717, 1.165) is 25.7 Å². The summed E-state index contributed by atoms with van der Waals surface area (Å²) >= 11 is 1.42. The summed E-state index contributed by atoms with van der Waals surface area (Å²) in [6, 6.07) is 11.0. The molecule has 1 aromatic carbocycles. The van der Waals surface area contributed by atoms with Gasteiger partial charge in [0, 0.05) is 5.56 Å². The van der Waals surface area contributed by atoms with E-state index < -0.39 is 5.54 Å². The third-order valence-corrected chi connectivity index (χ3v) is 5.38. The zero-order valence-corrected chi connectivity index (χ0v) is 15.1. The summed E-state index contributed by atoms with van der Waals surface area (Å²) < 4.78 is 5.45. The molecule has 5 nitrogen and oxygen atoms in total. The van der Waals surface area contributed by atoms with Gasteiger partial charge >= 0.3 is 0 Å². The van der Waals surface area contributed by atoms with Gasteiger partial charge in [-0.05, 0) is 30.4 Å². The van der Waals surface area contributed by atoms with Crippen molar-refractivity contribution in [2.24, 2.45) is 5.73 Å². The number of thiophene rings is 1. The molecule has 0 saturated heterocycles. The normalized spacial score (nSPS) is 15.7. The summed E-state index contributed by atoms with van der Waals surface area (Å²) in [5.41, 5.74) is 7.10. The first-order valence-corrected chi connectivity index (χ1v) is 8.86. The molecule has 4 rings (SSSR count). The number of nitrogens with two attached hydrogens (primary N) is 1. The average molecular weight is 376 g/mol. The largest absolute Gasteiger partial charge is 0.334 e.